The molecule has 4 aromatic rings. The molecule has 1 amide bonds. The van der Waals surface area contributed by atoms with Crippen molar-refractivity contribution in [2.45, 2.75) is 38.3 Å². The number of hydrogen-bond acceptors (Lipinski definition) is 7. The van der Waals surface area contributed by atoms with Crippen LogP contribution in [0.5, 0.6) is 10.9 Å². The second-order valence-corrected chi connectivity index (χ2v) is 9.62. The molecule has 2 aliphatic heterocycles. The van der Waals surface area contributed by atoms with Crippen LogP contribution < -0.4 is 4.74 Å². The Bertz CT molecular complexity index is 1250. The number of carbonyl (C=O) groups excluding carboxylic acids is 1. The standard InChI is InChI=1S/C24H24N4O3S/c1-15(29)27-12-17-4-5-18(13-27)28(17)10-8-16-14-30-21-11-19(6-7-20(16)21)31-24-26-23-22(32-24)3-2-9-25-23/h2-3,6-7,9,11,14,17-18H,4-5,8,10,12-13H2,1H3/t17-,18+. The Morgan fingerprint density at radius 1 is 1.25 bits per heavy atom. The molecular formula is C24H24N4O3S. The molecule has 1 aromatic carbocycles. The number of amides is 1. The fourth-order valence-electron chi connectivity index (χ4n) is 5.08. The first-order valence-corrected chi connectivity index (χ1v) is 11.9. The molecule has 164 valence electrons. The lowest BCUT2D eigenvalue weighted by molar-refractivity contribution is -0.132. The summed E-state index contributed by atoms with van der Waals surface area (Å²) in [6.45, 7) is 4.39. The van der Waals surface area contributed by atoms with Crippen molar-refractivity contribution in [2.75, 3.05) is 19.6 Å². The fourth-order valence-corrected chi connectivity index (χ4v) is 5.87. The van der Waals surface area contributed by atoms with Crippen LogP contribution in [0.3, 0.4) is 0 Å². The highest BCUT2D eigenvalue weighted by molar-refractivity contribution is 7.20. The number of furan rings is 1. The van der Waals surface area contributed by atoms with Gasteiger partial charge in [-0.3, -0.25) is 9.69 Å². The van der Waals surface area contributed by atoms with Crippen LogP contribution >= 0.6 is 11.3 Å². The predicted octanol–water partition coefficient (Wildman–Crippen LogP) is 4.47. The fraction of sp³-hybridized carbons (Fsp3) is 0.375. The molecule has 0 unspecified atom stereocenters. The Morgan fingerprint density at radius 2 is 2.09 bits per heavy atom. The van der Waals surface area contributed by atoms with Gasteiger partial charge in [0.15, 0.2) is 5.65 Å². The second kappa shape index (κ2) is 7.86. The zero-order valence-corrected chi connectivity index (χ0v) is 18.7. The van der Waals surface area contributed by atoms with Gasteiger partial charge in [-0.15, -0.1) is 0 Å². The number of carbonyl (C=O) groups is 1. The molecule has 2 aliphatic rings. The summed E-state index contributed by atoms with van der Waals surface area (Å²) in [6.07, 6.45) is 6.90. The van der Waals surface area contributed by atoms with Crippen LogP contribution in [0.25, 0.3) is 21.3 Å². The van der Waals surface area contributed by atoms with E-state index in [0.29, 0.717) is 28.7 Å². The van der Waals surface area contributed by atoms with E-state index >= 15 is 0 Å². The van der Waals surface area contributed by atoms with Gasteiger partial charge in [0.1, 0.15) is 11.3 Å². The van der Waals surface area contributed by atoms with E-state index in [1.54, 1.807) is 13.1 Å². The van der Waals surface area contributed by atoms with Gasteiger partial charge in [0, 0.05) is 56.3 Å². The summed E-state index contributed by atoms with van der Waals surface area (Å²) < 4.78 is 12.8. The molecule has 32 heavy (non-hydrogen) atoms. The molecule has 2 fully saturated rings. The van der Waals surface area contributed by atoms with Crippen molar-refractivity contribution in [3.8, 4) is 10.9 Å². The lowest BCUT2D eigenvalue weighted by Crippen LogP contribution is -2.55. The van der Waals surface area contributed by atoms with Gasteiger partial charge < -0.3 is 14.1 Å². The molecule has 0 aliphatic carbocycles. The van der Waals surface area contributed by atoms with Crippen LogP contribution in [0.2, 0.25) is 0 Å². The number of likely N-dealkylation sites (tertiary alicyclic amines) is 1. The molecule has 2 atom stereocenters. The third-order valence-electron chi connectivity index (χ3n) is 6.70. The summed E-state index contributed by atoms with van der Waals surface area (Å²) in [6, 6.07) is 10.8. The van der Waals surface area contributed by atoms with E-state index in [-0.39, 0.29) is 5.91 Å². The highest BCUT2D eigenvalue weighted by atomic mass is 32.1. The Balaban J connectivity index is 1.15. The van der Waals surface area contributed by atoms with Gasteiger partial charge in [-0.05, 0) is 49.1 Å². The quantitative estimate of drug-likeness (QED) is 0.449. The zero-order valence-electron chi connectivity index (χ0n) is 17.9. The van der Waals surface area contributed by atoms with Gasteiger partial charge in [0.05, 0.1) is 11.0 Å². The maximum atomic E-state index is 11.8. The first kappa shape index (κ1) is 19.7. The second-order valence-electron chi connectivity index (χ2n) is 8.62. The van der Waals surface area contributed by atoms with E-state index in [1.165, 1.54) is 29.7 Å². The van der Waals surface area contributed by atoms with E-state index in [1.807, 2.05) is 35.4 Å². The molecule has 0 saturated carbocycles. The summed E-state index contributed by atoms with van der Waals surface area (Å²) in [5, 5.41) is 1.70. The summed E-state index contributed by atoms with van der Waals surface area (Å²) in [5.74, 6) is 0.901. The number of aromatic nitrogens is 2. The Kier molecular flexibility index (Phi) is 4.84. The summed E-state index contributed by atoms with van der Waals surface area (Å²) in [5.41, 5.74) is 2.73. The molecule has 2 bridgehead atoms. The van der Waals surface area contributed by atoms with Crippen LogP contribution in [-0.4, -0.2) is 57.4 Å². The highest BCUT2D eigenvalue weighted by Crippen LogP contribution is 2.34. The summed E-state index contributed by atoms with van der Waals surface area (Å²) in [7, 11) is 0. The van der Waals surface area contributed by atoms with Gasteiger partial charge in [-0.2, -0.15) is 4.98 Å². The number of benzene rings is 1. The molecule has 0 N–H and O–H groups in total. The van der Waals surface area contributed by atoms with Gasteiger partial charge >= 0.3 is 0 Å². The molecular weight excluding hydrogens is 424 g/mol. The third-order valence-corrected chi connectivity index (χ3v) is 7.58. The summed E-state index contributed by atoms with van der Waals surface area (Å²) in [4.78, 5) is 25.1. The number of thiazole rings is 1. The van der Waals surface area contributed by atoms with Gasteiger partial charge in [0.2, 0.25) is 5.91 Å². The Hall–Kier alpha value is -2.97. The zero-order chi connectivity index (χ0) is 21.7. The SMILES string of the molecule is CC(=O)N1C[C@H]2CC[C@@H](C1)N2CCc1coc2cc(Oc3nc4ncccc4s3)ccc12. The largest absolute Gasteiger partial charge is 0.464 e. The van der Waals surface area contributed by atoms with E-state index in [0.717, 1.165) is 41.7 Å². The van der Waals surface area contributed by atoms with Crippen molar-refractivity contribution in [1.82, 2.24) is 19.8 Å². The van der Waals surface area contributed by atoms with Crippen molar-refractivity contribution in [3.05, 3.63) is 48.4 Å². The number of rotatable bonds is 5. The van der Waals surface area contributed by atoms with Crippen LogP contribution in [0.4, 0.5) is 0 Å². The first-order chi connectivity index (χ1) is 15.6. The maximum absolute atomic E-state index is 11.8. The number of nitrogens with zero attached hydrogens (tertiary/aromatic N) is 4. The van der Waals surface area contributed by atoms with Crippen LogP contribution in [0.1, 0.15) is 25.3 Å². The lowest BCUT2D eigenvalue weighted by Gasteiger charge is -2.40. The van der Waals surface area contributed by atoms with E-state index < -0.39 is 0 Å². The number of piperazine rings is 1. The van der Waals surface area contributed by atoms with Gasteiger partial charge in [-0.1, -0.05) is 11.3 Å². The monoisotopic (exact) mass is 448 g/mol. The van der Waals surface area contributed by atoms with Crippen molar-refractivity contribution >= 4 is 38.6 Å². The van der Waals surface area contributed by atoms with Gasteiger partial charge in [-0.25, -0.2) is 4.98 Å². The molecule has 8 heteroatoms. The smallest absolute Gasteiger partial charge is 0.281 e. The highest BCUT2D eigenvalue weighted by Gasteiger charge is 2.40. The number of pyridine rings is 1. The van der Waals surface area contributed by atoms with Gasteiger partial charge in [0.25, 0.3) is 5.19 Å². The molecule has 6 rings (SSSR count). The van der Waals surface area contributed by atoms with Crippen molar-refractivity contribution in [3.63, 3.8) is 0 Å². The molecule has 2 saturated heterocycles. The molecule has 0 radical (unpaired) electrons. The Morgan fingerprint density at radius 3 is 2.88 bits per heavy atom. The Labute approximate surface area is 189 Å². The average Bonchev–Trinajstić information content (AvgIpc) is 3.44. The predicted molar refractivity (Wildman–Crippen MR) is 123 cm³/mol. The minimum Gasteiger partial charge on any atom is -0.464 e. The van der Waals surface area contributed by atoms with E-state index in [4.69, 9.17) is 9.15 Å². The lowest BCUT2D eigenvalue weighted by atomic mass is 10.1. The topological polar surface area (TPSA) is 71.7 Å². The number of ether oxygens (including phenoxy) is 1. The third kappa shape index (κ3) is 3.53. The molecule has 5 heterocycles. The van der Waals surface area contributed by atoms with E-state index in [9.17, 15) is 4.79 Å². The molecule has 7 nitrogen and oxygen atoms in total. The first-order valence-electron chi connectivity index (χ1n) is 11.0. The van der Waals surface area contributed by atoms with Crippen LogP contribution in [0, 0.1) is 0 Å². The summed E-state index contributed by atoms with van der Waals surface area (Å²) >= 11 is 1.48. The number of hydrogen-bond donors (Lipinski definition) is 0. The van der Waals surface area contributed by atoms with Crippen molar-refractivity contribution in [2.24, 2.45) is 0 Å². The van der Waals surface area contributed by atoms with Crippen molar-refractivity contribution in [1.29, 1.82) is 0 Å². The average molecular weight is 449 g/mol. The minimum atomic E-state index is 0.197. The number of fused-ring (bicyclic) bond motifs is 4. The molecule has 0 spiro atoms. The van der Waals surface area contributed by atoms with Crippen molar-refractivity contribution < 1.29 is 13.9 Å². The maximum Gasteiger partial charge on any atom is 0.281 e. The normalized spacial score (nSPS) is 21.0. The van der Waals surface area contributed by atoms with Crippen LogP contribution in [0.15, 0.2) is 47.2 Å². The minimum absolute atomic E-state index is 0.197. The van der Waals surface area contributed by atoms with Crippen LogP contribution in [-0.2, 0) is 11.2 Å². The van der Waals surface area contributed by atoms with E-state index in [2.05, 4.69) is 20.9 Å². The molecule has 3 aromatic heterocycles.